The third kappa shape index (κ3) is 5.53. The second-order valence-electron chi connectivity index (χ2n) is 5.89. The molecule has 0 fully saturated rings. The van der Waals surface area contributed by atoms with Gasteiger partial charge in [0.05, 0.1) is 37.1 Å². The van der Waals surface area contributed by atoms with Crippen LogP contribution in [0.3, 0.4) is 0 Å². The fourth-order valence-corrected chi connectivity index (χ4v) is 3.21. The molecule has 11 heteroatoms. The van der Waals surface area contributed by atoms with Crippen LogP contribution < -0.4 is 4.72 Å². The number of hydrogen-bond donors (Lipinski definition) is 4. The van der Waals surface area contributed by atoms with Gasteiger partial charge in [-0.3, -0.25) is 9.59 Å². The summed E-state index contributed by atoms with van der Waals surface area (Å²) in [5.74, 6) is -0.355. The van der Waals surface area contributed by atoms with Crippen LogP contribution in [0.15, 0.2) is 30.6 Å². The number of H-pyrrole nitrogens is 1. The summed E-state index contributed by atoms with van der Waals surface area (Å²) in [5, 5.41) is 16.6. The largest absolute Gasteiger partial charge is 0.508 e. The number of rotatable bonds is 4. The number of carbonyl (C=O) groups is 2. The Labute approximate surface area is 155 Å². The zero-order valence-electron chi connectivity index (χ0n) is 14.5. The molecule has 0 bridgehead atoms. The van der Waals surface area contributed by atoms with Gasteiger partial charge in [-0.2, -0.15) is 0 Å². The number of imidazole rings is 1. The molecule has 0 radical (unpaired) electrons. The van der Waals surface area contributed by atoms with Gasteiger partial charge < -0.3 is 20.1 Å². The van der Waals surface area contributed by atoms with E-state index in [-0.39, 0.29) is 30.6 Å². The third-order valence-corrected chi connectivity index (χ3v) is 4.61. The molecule has 4 N–H and O–H groups in total. The smallest absolute Gasteiger partial charge is 0.290 e. The van der Waals surface area contributed by atoms with E-state index in [2.05, 4.69) is 14.7 Å². The maximum Gasteiger partial charge on any atom is 0.290 e. The Morgan fingerprint density at radius 2 is 2.19 bits per heavy atom. The van der Waals surface area contributed by atoms with Crippen molar-refractivity contribution in [3.63, 3.8) is 0 Å². The number of aromatic nitrogens is 2. The SMILES string of the molecule is CS(=O)(=O)NCC(=O)N1Cc2[nH]cnc2C(c2cccc(O)c2)C1.O=CO. The van der Waals surface area contributed by atoms with Crippen LogP contribution in [0.5, 0.6) is 5.75 Å². The number of amides is 1. The zero-order chi connectivity index (χ0) is 20.0. The molecule has 0 saturated heterocycles. The van der Waals surface area contributed by atoms with Crippen LogP contribution in [0.25, 0.3) is 0 Å². The molecule has 3 rings (SSSR count). The van der Waals surface area contributed by atoms with Crippen molar-refractivity contribution in [2.45, 2.75) is 12.5 Å². The van der Waals surface area contributed by atoms with E-state index in [1.807, 2.05) is 6.07 Å². The summed E-state index contributed by atoms with van der Waals surface area (Å²) < 4.78 is 24.6. The number of nitrogens with zero attached hydrogens (tertiary/aromatic N) is 2. The van der Waals surface area contributed by atoms with Gasteiger partial charge in [0.25, 0.3) is 6.47 Å². The Hall–Kier alpha value is -2.92. The monoisotopic (exact) mass is 396 g/mol. The van der Waals surface area contributed by atoms with E-state index in [9.17, 15) is 18.3 Å². The van der Waals surface area contributed by atoms with Gasteiger partial charge in [0.2, 0.25) is 15.9 Å². The second kappa shape index (κ2) is 8.64. The van der Waals surface area contributed by atoms with E-state index >= 15 is 0 Å². The summed E-state index contributed by atoms with van der Waals surface area (Å²) in [6.45, 7) is 0.176. The molecule has 27 heavy (non-hydrogen) atoms. The molecule has 1 aromatic heterocycles. The fraction of sp³-hybridized carbons (Fsp3) is 0.312. The van der Waals surface area contributed by atoms with Crippen molar-refractivity contribution >= 4 is 22.4 Å². The van der Waals surface area contributed by atoms with Crippen LogP contribution in [0.1, 0.15) is 22.9 Å². The van der Waals surface area contributed by atoms with Crippen molar-refractivity contribution in [1.29, 1.82) is 0 Å². The highest BCUT2D eigenvalue weighted by atomic mass is 32.2. The lowest BCUT2D eigenvalue weighted by Gasteiger charge is -2.32. The standard InChI is InChI=1S/C15H18N4O4S.CH2O2/c1-24(22,23)18-6-14(21)19-7-12(10-3-2-4-11(20)5-10)15-13(8-19)16-9-17-15;2-1-3/h2-5,9,12,18,20H,6-8H2,1H3,(H,16,17);1H,(H,2,3). The minimum Gasteiger partial charge on any atom is -0.508 e. The zero-order valence-corrected chi connectivity index (χ0v) is 15.3. The third-order valence-electron chi connectivity index (χ3n) is 3.94. The Bertz CT molecular complexity index is 911. The maximum absolute atomic E-state index is 12.3. The number of aromatic amines is 1. The Morgan fingerprint density at radius 3 is 2.81 bits per heavy atom. The highest BCUT2D eigenvalue weighted by Crippen LogP contribution is 2.32. The van der Waals surface area contributed by atoms with Gasteiger partial charge in [-0.1, -0.05) is 12.1 Å². The minimum atomic E-state index is -3.43. The predicted molar refractivity (Wildman–Crippen MR) is 95.5 cm³/mol. The highest BCUT2D eigenvalue weighted by molar-refractivity contribution is 7.88. The van der Waals surface area contributed by atoms with Gasteiger partial charge >= 0.3 is 0 Å². The van der Waals surface area contributed by atoms with E-state index < -0.39 is 10.0 Å². The number of fused-ring (bicyclic) bond motifs is 1. The summed E-state index contributed by atoms with van der Waals surface area (Å²) in [4.78, 5) is 29.6. The fourth-order valence-electron chi connectivity index (χ4n) is 2.82. The van der Waals surface area contributed by atoms with Crippen molar-refractivity contribution in [3.8, 4) is 5.75 Å². The van der Waals surface area contributed by atoms with Crippen molar-refractivity contribution in [3.05, 3.63) is 47.5 Å². The van der Waals surface area contributed by atoms with E-state index in [1.165, 1.54) is 0 Å². The number of aromatic hydroxyl groups is 1. The van der Waals surface area contributed by atoms with E-state index in [0.717, 1.165) is 23.2 Å². The molecule has 0 spiro atoms. The van der Waals surface area contributed by atoms with E-state index in [0.29, 0.717) is 13.1 Å². The molecule has 2 aromatic rings. The van der Waals surface area contributed by atoms with Crippen molar-refractivity contribution in [1.82, 2.24) is 19.6 Å². The van der Waals surface area contributed by atoms with Gasteiger partial charge in [-0.05, 0) is 17.7 Å². The number of carbonyl (C=O) groups excluding carboxylic acids is 1. The number of sulfonamides is 1. The second-order valence-corrected chi connectivity index (χ2v) is 7.72. The first-order chi connectivity index (χ1) is 12.7. The summed E-state index contributed by atoms with van der Waals surface area (Å²) in [6.07, 6.45) is 2.59. The summed E-state index contributed by atoms with van der Waals surface area (Å²) in [7, 11) is -3.43. The normalized spacial score (nSPS) is 16.0. The quantitative estimate of drug-likeness (QED) is 0.524. The Kier molecular flexibility index (Phi) is 6.53. The van der Waals surface area contributed by atoms with Crippen LogP contribution in [0, 0.1) is 0 Å². The van der Waals surface area contributed by atoms with Crippen molar-refractivity contribution in [2.75, 3.05) is 19.3 Å². The van der Waals surface area contributed by atoms with Crippen LogP contribution >= 0.6 is 0 Å². The van der Waals surface area contributed by atoms with Gasteiger partial charge in [0, 0.05) is 12.5 Å². The topological polar surface area (TPSA) is 153 Å². The molecule has 1 aliphatic heterocycles. The van der Waals surface area contributed by atoms with Gasteiger partial charge in [0.1, 0.15) is 5.75 Å². The molecular weight excluding hydrogens is 376 g/mol. The lowest BCUT2D eigenvalue weighted by Crippen LogP contribution is -2.43. The molecule has 2 heterocycles. The van der Waals surface area contributed by atoms with Crippen LogP contribution in [0.4, 0.5) is 0 Å². The van der Waals surface area contributed by atoms with E-state index in [4.69, 9.17) is 9.90 Å². The predicted octanol–water partition coefficient (Wildman–Crippen LogP) is -0.161. The first-order valence-corrected chi connectivity index (χ1v) is 9.75. The molecule has 1 atom stereocenters. The van der Waals surface area contributed by atoms with Crippen LogP contribution in [-0.4, -0.2) is 65.2 Å². The number of carboxylic acid groups (broad SMARTS) is 1. The first kappa shape index (κ1) is 20.4. The average molecular weight is 396 g/mol. The summed E-state index contributed by atoms with van der Waals surface area (Å²) >= 11 is 0. The molecule has 1 aliphatic rings. The molecule has 10 nitrogen and oxygen atoms in total. The maximum atomic E-state index is 12.3. The molecular formula is C16H20N4O6S. The van der Waals surface area contributed by atoms with Gasteiger partial charge in [-0.15, -0.1) is 0 Å². The summed E-state index contributed by atoms with van der Waals surface area (Å²) in [5.41, 5.74) is 2.49. The Balaban J connectivity index is 0.000000817. The molecule has 1 unspecified atom stereocenters. The first-order valence-electron chi connectivity index (χ1n) is 7.86. The van der Waals surface area contributed by atoms with Crippen molar-refractivity contribution in [2.24, 2.45) is 0 Å². The van der Waals surface area contributed by atoms with E-state index in [1.54, 1.807) is 29.4 Å². The molecule has 146 valence electrons. The lowest BCUT2D eigenvalue weighted by atomic mass is 9.90. The molecule has 1 amide bonds. The number of hydrogen-bond acceptors (Lipinski definition) is 6. The van der Waals surface area contributed by atoms with Crippen LogP contribution in [-0.2, 0) is 26.2 Å². The minimum absolute atomic E-state index is 0.145. The summed E-state index contributed by atoms with van der Waals surface area (Å²) in [6, 6.07) is 6.83. The number of benzene rings is 1. The number of phenolic OH excluding ortho intramolecular Hbond substituents is 1. The number of phenols is 1. The molecule has 1 aromatic carbocycles. The van der Waals surface area contributed by atoms with Crippen LogP contribution in [0.2, 0.25) is 0 Å². The van der Waals surface area contributed by atoms with Gasteiger partial charge in [-0.25, -0.2) is 18.1 Å². The molecule has 0 saturated carbocycles. The van der Waals surface area contributed by atoms with Crippen molar-refractivity contribution < 1.29 is 28.2 Å². The van der Waals surface area contributed by atoms with Gasteiger partial charge in [0.15, 0.2) is 0 Å². The average Bonchev–Trinajstić information content (AvgIpc) is 3.07. The lowest BCUT2D eigenvalue weighted by molar-refractivity contribution is -0.131. The highest BCUT2D eigenvalue weighted by Gasteiger charge is 2.31. The Morgan fingerprint density at radius 1 is 1.48 bits per heavy atom. The number of nitrogens with one attached hydrogen (secondary N) is 2. The molecule has 0 aliphatic carbocycles.